The molecule has 3 nitrogen and oxygen atoms in total. The lowest BCUT2D eigenvalue weighted by Gasteiger charge is -2.22. The number of hydrogen-bond donors (Lipinski definition) is 1. The molecular weight excluding hydrogens is 238 g/mol. The van der Waals surface area contributed by atoms with Gasteiger partial charge in [0.05, 0.1) is 5.56 Å². The maximum absolute atomic E-state index is 12.5. The molecule has 1 aromatic rings. The van der Waals surface area contributed by atoms with Crippen LogP contribution in [0.2, 0.25) is 0 Å². The van der Waals surface area contributed by atoms with E-state index in [4.69, 9.17) is 5.11 Å². The van der Waals surface area contributed by atoms with Crippen molar-refractivity contribution in [3.05, 3.63) is 35.4 Å². The SMILES string of the molecule is CCCN(CCC)C(=O)c1ccccc1C#CCO. The smallest absolute Gasteiger partial charge is 0.255 e. The van der Waals surface area contributed by atoms with E-state index in [0.29, 0.717) is 11.1 Å². The molecular formula is C16H21NO2. The summed E-state index contributed by atoms with van der Waals surface area (Å²) >= 11 is 0. The second kappa shape index (κ2) is 8.34. The van der Waals surface area contributed by atoms with Gasteiger partial charge in [-0.25, -0.2) is 0 Å². The molecule has 0 saturated heterocycles. The highest BCUT2D eigenvalue weighted by atomic mass is 16.2. The first kappa shape index (κ1) is 15.3. The lowest BCUT2D eigenvalue weighted by molar-refractivity contribution is 0.0755. The van der Waals surface area contributed by atoms with Gasteiger partial charge < -0.3 is 10.0 Å². The summed E-state index contributed by atoms with van der Waals surface area (Å²) in [5, 5.41) is 8.77. The van der Waals surface area contributed by atoms with Crippen LogP contribution in [0.4, 0.5) is 0 Å². The molecule has 0 unspecified atom stereocenters. The molecule has 3 heteroatoms. The van der Waals surface area contributed by atoms with Gasteiger partial charge in [-0.3, -0.25) is 4.79 Å². The number of aliphatic hydroxyl groups is 1. The summed E-state index contributed by atoms with van der Waals surface area (Å²) < 4.78 is 0. The third-order valence-corrected chi connectivity index (χ3v) is 2.73. The van der Waals surface area contributed by atoms with Gasteiger partial charge in [-0.2, -0.15) is 0 Å². The summed E-state index contributed by atoms with van der Waals surface area (Å²) in [6.45, 7) is 5.44. The number of nitrogens with zero attached hydrogens (tertiary/aromatic N) is 1. The Labute approximate surface area is 115 Å². The first-order valence-electron chi connectivity index (χ1n) is 6.72. The summed E-state index contributed by atoms with van der Waals surface area (Å²) in [6, 6.07) is 7.30. The zero-order valence-corrected chi connectivity index (χ0v) is 11.6. The van der Waals surface area contributed by atoms with E-state index >= 15 is 0 Å². The van der Waals surface area contributed by atoms with Gasteiger partial charge in [-0.15, -0.1) is 0 Å². The van der Waals surface area contributed by atoms with E-state index in [-0.39, 0.29) is 12.5 Å². The van der Waals surface area contributed by atoms with Gasteiger partial charge >= 0.3 is 0 Å². The van der Waals surface area contributed by atoms with Crippen LogP contribution in [0.3, 0.4) is 0 Å². The first-order valence-corrected chi connectivity index (χ1v) is 6.72. The van der Waals surface area contributed by atoms with Crippen molar-refractivity contribution in [1.82, 2.24) is 4.90 Å². The Morgan fingerprint density at radius 2 is 1.84 bits per heavy atom. The third kappa shape index (κ3) is 4.42. The average Bonchev–Trinajstić information content (AvgIpc) is 2.44. The first-order chi connectivity index (χ1) is 9.24. The van der Waals surface area contributed by atoms with Crippen LogP contribution in [0, 0.1) is 11.8 Å². The number of rotatable bonds is 5. The lowest BCUT2D eigenvalue weighted by atomic mass is 10.1. The van der Waals surface area contributed by atoms with E-state index in [1.165, 1.54) is 0 Å². The van der Waals surface area contributed by atoms with Crippen molar-refractivity contribution in [3.63, 3.8) is 0 Å². The Kier molecular flexibility index (Phi) is 6.70. The topological polar surface area (TPSA) is 40.5 Å². The highest BCUT2D eigenvalue weighted by Crippen LogP contribution is 2.12. The largest absolute Gasteiger partial charge is 0.384 e. The predicted octanol–water partition coefficient (Wildman–Crippen LogP) is 2.29. The minimum atomic E-state index is -0.198. The monoisotopic (exact) mass is 259 g/mol. The lowest BCUT2D eigenvalue weighted by Crippen LogP contribution is -2.33. The Morgan fingerprint density at radius 1 is 1.21 bits per heavy atom. The number of benzene rings is 1. The number of carbonyl (C=O) groups is 1. The van der Waals surface area contributed by atoms with Crippen molar-refractivity contribution in [1.29, 1.82) is 0 Å². The van der Waals surface area contributed by atoms with Crippen molar-refractivity contribution in [3.8, 4) is 11.8 Å². The number of carbonyl (C=O) groups excluding carboxylic acids is 1. The van der Waals surface area contributed by atoms with E-state index in [1.807, 2.05) is 23.1 Å². The molecule has 0 radical (unpaired) electrons. The Hall–Kier alpha value is -1.79. The molecule has 1 aromatic carbocycles. The molecule has 0 aliphatic heterocycles. The molecule has 0 fully saturated rings. The van der Waals surface area contributed by atoms with Crippen LogP contribution in [0.25, 0.3) is 0 Å². The molecule has 1 N–H and O–H groups in total. The minimum absolute atomic E-state index is 0.0199. The van der Waals surface area contributed by atoms with E-state index in [2.05, 4.69) is 25.7 Å². The average molecular weight is 259 g/mol. The van der Waals surface area contributed by atoms with E-state index in [1.54, 1.807) is 6.07 Å². The van der Waals surface area contributed by atoms with E-state index in [9.17, 15) is 4.79 Å². The van der Waals surface area contributed by atoms with Crippen molar-refractivity contribution >= 4 is 5.91 Å². The fourth-order valence-corrected chi connectivity index (χ4v) is 1.94. The highest BCUT2D eigenvalue weighted by molar-refractivity contribution is 5.96. The van der Waals surface area contributed by atoms with Crippen molar-refractivity contribution < 1.29 is 9.90 Å². The van der Waals surface area contributed by atoms with Crippen molar-refractivity contribution in [2.45, 2.75) is 26.7 Å². The molecule has 1 amide bonds. The third-order valence-electron chi connectivity index (χ3n) is 2.73. The quantitative estimate of drug-likeness (QED) is 0.824. The second-order valence-corrected chi connectivity index (χ2v) is 4.30. The zero-order valence-electron chi connectivity index (χ0n) is 11.6. The van der Waals surface area contributed by atoms with Gasteiger partial charge in [-0.05, 0) is 25.0 Å². The molecule has 102 valence electrons. The van der Waals surface area contributed by atoms with Crippen LogP contribution in [0.1, 0.15) is 42.6 Å². The minimum Gasteiger partial charge on any atom is -0.384 e. The van der Waals surface area contributed by atoms with Gasteiger partial charge in [0, 0.05) is 18.7 Å². The summed E-state index contributed by atoms with van der Waals surface area (Å²) in [6.07, 6.45) is 1.88. The van der Waals surface area contributed by atoms with Crippen LogP contribution in [0.15, 0.2) is 24.3 Å². The Balaban J connectivity index is 3.03. The van der Waals surface area contributed by atoms with Crippen molar-refractivity contribution in [2.24, 2.45) is 0 Å². The fourth-order valence-electron chi connectivity index (χ4n) is 1.94. The van der Waals surface area contributed by atoms with Crippen LogP contribution in [0.5, 0.6) is 0 Å². The molecule has 0 bridgehead atoms. The summed E-state index contributed by atoms with van der Waals surface area (Å²) in [7, 11) is 0. The van der Waals surface area contributed by atoms with Crippen LogP contribution in [-0.4, -0.2) is 35.6 Å². The fraction of sp³-hybridized carbons (Fsp3) is 0.438. The molecule has 0 aliphatic rings. The van der Waals surface area contributed by atoms with E-state index < -0.39 is 0 Å². The molecule has 0 heterocycles. The Morgan fingerprint density at radius 3 is 2.42 bits per heavy atom. The summed E-state index contributed by atoms with van der Waals surface area (Å²) in [4.78, 5) is 14.4. The van der Waals surface area contributed by atoms with Gasteiger partial charge in [0.1, 0.15) is 6.61 Å². The predicted molar refractivity (Wildman–Crippen MR) is 76.9 cm³/mol. The number of amides is 1. The highest BCUT2D eigenvalue weighted by Gasteiger charge is 2.16. The molecule has 0 saturated carbocycles. The molecule has 0 aromatic heterocycles. The maximum Gasteiger partial charge on any atom is 0.255 e. The van der Waals surface area contributed by atoms with Gasteiger partial charge in [0.2, 0.25) is 0 Å². The molecule has 19 heavy (non-hydrogen) atoms. The number of aliphatic hydroxyl groups excluding tert-OH is 1. The second-order valence-electron chi connectivity index (χ2n) is 4.30. The van der Waals surface area contributed by atoms with Crippen LogP contribution < -0.4 is 0 Å². The van der Waals surface area contributed by atoms with Crippen LogP contribution in [-0.2, 0) is 0 Å². The maximum atomic E-state index is 12.5. The van der Waals surface area contributed by atoms with Gasteiger partial charge in [0.15, 0.2) is 0 Å². The van der Waals surface area contributed by atoms with Crippen LogP contribution >= 0.6 is 0 Å². The van der Waals surface area contributed by atoms with E-state index in [0.717, 1.165) is 25.9 Å². The summed E-state index contributed by atoms with van der Waals surface area (Å²) in [5.74, 6) is 5.45. The van der Waals surface area contributed by atoms with Gasteiger partial charge in [0.25, 0.3) is 5.91 Å². The summed E-state index contributed by atoms with van der Waals surface area (Å²) in [5.41, 5.74) is 1.30. The normalized spacial score (nSPS) is 9.63. The zero-order chi connectivity index (χ0) is 14.1. The molecule has 0 atom stereocenters. The van der Waals surface area contributed by atoms with Crippen molar-refractivity contribution in [2.75, 3.05) is 19.7 Å². The molecule has 1 rings (SSSR count). The molecule has 0 spiro atoms. The van der Waals surface area contributed by atoms with Gasteiger partial charge in [-0.1, -0.05) is 37.8 Å². The molecule has 0 aliphatic carbocycles. The standard InChI is InChI=1S/C16H21NO2/c1-3-11-17(12-4-2)16(19)15-10-6-5-8-14(15)9-7-13-18/h5-6,8,10,18H,3-4,11-13H2,1-2H3. The number of hydrogen-bond acceptors (Lipinski definition) is 2. The Bertz CT molecular complexity index is 465.